The summed E-state index contributed by atoms with van der Waals surface area (Å²) in [4.78, 5) is 0.462. The van der Waals surface area contributed by atoms with Crippen LogP contribution in [0.3, 0.4) is 0 Å². The Morgan fingerprint density at radius 3 is 2.41 bits per heavy atom. The Morgan fingerprint density at radius 2 is 1.78 bits per heavy atom. The minimum atomic E-state index is -3.25. The quantitative estimate of drug-likeness (QED) is 0.245. The first-order chi connectivity index (χ1) is 12.5. The summed E-state index contributed by atoms with van der Waals surface area (Å²) in [7, 11) is -1.33. The van der Waals surface area contributed by atoms with E-state index in [1.54, 1.807) is 30.3 Å². The van der Waals surface area contributed by atoms with Crippen molar-refractivity contribution in [2.24, 2.45) is 11.8 Å². The van der Waals surface area contributed by atoms with Gasteiger partial charge in [0.2, 0.25) is 0 Å². The number of thioether (sulfide) groups is 1. The van der Waals surface area contributed by atoms with E-state index < -0.39 is 18.9 Å². The van der Waals surface area contributed by atoms with Gasteiger partial charge in [-0.2, -0.15) is 8.78 Å². The molecular weight excluding hydrogens is 378 g/mol. The van der Waals surface area contributed by atoms with Crippen LogP contribution in [-0.2, 0) is 0 Å². The van der Waals surface area contributed by atoms with Gasteiger partial charge in [0.25, 0.3) is 0 Å². The van der Waals surface area contributed by atoms with Crippen LogP contribution in [-0.4, -0.2) is 24.0 Å². The van der Waals surface area contributed by atoms with E-state index in [9.17, 15) is 13.9 Å². The maximum absolute atomic E-state index is 14.7. The lowest BCUT2D eigenvalue weighted by Crippen LogP contribution is -2.44. The van der Waals surface area contributed by atoms with Crippen LogP contribution < -0.4 is 0 Å². The van der Waals surface area contributed by atoms with Gasteiger partial charge in [0.05, 0.1) is 0 Å². The van der Waals surface area contributed by atoms with Crippen molar-refractivity contribution < 1.29 is 13.9 Å². The van der Waals surface area contributed by atoms with E-state index in [1.165, 1.54) is 6.92 Å². The Labute approximate surface area is 167 Å². The fourth-order valence-corrected chi connectivity index (χ4v) is 4.73. The number of hydrogen-bond donors (Lipinski definition) is 1. The van der Waals surface area contributed by atoms with Crippen molar-refractivity contribution in [1.82, 2.24) is 0 Å². The molecule has 1 N–H and O–H groups in total. The fraction of sp³-hybridized carbons (Fsp3) is 0.545. The molecule has 148 valence electrons. The summed E-state index contributed by atoms with van der Waals surface area (Å²) < 4.78 is 29.3. The van der Waals surface area contributed by atoms with Crippen molar-refractivity contribution in [3.05, 3.63) is 42.5 Å². The summed E-state index contributed by atoms with van der Waals surface area (Å²) in [6.45, 7) is 7.92. The third-order valence-electron chi connectivity index (χ3n) is 4.64. The highest BCUT2D eigenvalue weighted by Crippen LogP contribution is 2.47. The summed E-state index contributed by atoms with van der Waals surface area (Å²) >= 11 is 0.434. The topological polar surface area (TPSA) is 20.2 Å². The largest absolute Gasteiger partial charge is 0.383 e. The van der Waals surface area contributed by atoms with Gasteiger partial charge in [-0.15, -0.1) is 11.5 Å². The van der Waals surface area contributed by atoms with Crippen LogP contribution in [0.2, 0.25) is 19.6 Å². The highest BCUT2D eigenvalue weighted by molar-refractivity contribution is 8.00. The molecule has 2 rings (SSSR count). The van der Waals surface area contributed by atoms with Crippen LogP contribution in [0, 0.1) is 23.3 Å². The lowest BCUT2D eigenvalue weighted by atomic mass is 9.89. The SMILES string of the molecule is CC(O)(C[C@@H]1C=C[C@@H](CCC#C[Si](C)(C)C)C1)C(F)(F)Sc1ccccc1. The maximum atomic E-state index is 14.7. The zero-order chi connectivity index (χ0) is 20.1. The number of rotatable bonds is 7. The smallest absolute Gasteiger partial charge is 0.326 e. The van der Waals surface area contributed by atoms with Gasteiger partial charge < -0.3 is 5.11 Å². The van der Waals surface area contributed by atoms with Crippen LogP contribution >= 0.6 is 11.8 Å². The van der Waals surface area contributed by atoms with Gasteiger partial charge in [0, 0.05) is 11.3 Å². The highest BCUT2D eigenvalue weighted by Gasteiger charge is 2.51. The minimum absolute atomic E-state index is 0.0165. The van der Waals surface area contributed by atoms with Crippen LogP contribution in [0.15, 0.2) is 47.4 Å². The first-order valence-electron chi connectivity index (χ1n) is 9.51. The molecule has 0 spiro atoms. The lowest BCUT2D eigenvalue weighted by molar-refractivity contribution is -0.118. The number of halogens is 2. The number of hydrogen-bond acceptors (Lipinski definition) is 2. The first kappa shape index (κ1) is 22.2. The predicted molar refractivity (Wildman–Crippen MR) is 114 cm³/mol. The molecule has 27 heavy (non-hydrogen) atoms. The van der Waals surface area contributed by atoms with Crippen molar-refractivity contribution in [3.8, 4) is 11.5 Å². The van der Waals surface area contributed by atoms with E-state index in [4.69, 9.17) is 0 Å². The molecule has 1 aliphatic carbocycles. The molecule has 0 saturated carbocycles. The Bertz CT molecular complexity index is 699. The van der Waals surface area contributed by atoms with Crippen LogP contribution in [0.4, 0.5) is 8.78 Å². The normalized spacial score (nSPS) is 22.2. The van der Waals surface area contributed by atoms with Gasteiger partial charge in [-0.3, -0.25) is 0 Å². The average molecular weight is 409 g/mol. The molecule has 0 saturated heterocycles. The summed E-state index contributed by atoms with van der Waals surface area (Å²) in [5.41, 5.74) is 1.30. The standard InChI is InChI=1S/C22H30F2OSSi/c1-21(25,22(23,24)26-20-11-6-5-7-12-20)17-19-14-13-18(16-19)10-8-9-15-27(2,3)4/h5-7,11-14,18-19,25H,8,10,16-17H2,1-4H3/t18-,19-,21?/m1/s1. The van der Waals surface area contributed by atoms with Gasteiger partial charge in [-0.1, -0.05) is 50.0 Å². The lowest BCUT2D eigenvalue weighted by Gasteiger charge is -2.33. The molecule has 5 heteroatoms. The second-order valence-electron chi connectivity index (χ2n) is 8.64. The van der Waals surface area contributed by atoms with Crippen LogP contribution in [0.5, 0.6) is 0 Å². The average Bonchev–Trinajstić information content (AvgIpc) is 2.98. The molecule has 0 heterocycles. The van der Waals surface area contributed by atoms with Gasteiger partial charge in [0.15, 0.2) is 0 Å². The molecule has 1 unspecified atom stereocenters. The molecule has 0 radical (unpaired) electrons. The number of allylic oxidation sites excluding steroid dienone is 2. The molecule has 0 fully saturated rings. The Morgan fingerprint density at radius 1 is 1.15 bits per heavy atom. The molecule has 1 aromatic rings. The molecule has 0 bridgehead atoms. The van der Waals surface area contributed by atoms with Crippen molar-refractivity contribution in [2.75, 3.05) is 0 Å². The van der Waals surface area contributed by atoms with Crippen molar-refractivity contribution >= 4 is 19.8 Å². The molecule has 3 atom stereocenters. The number of benzene rings is 1. The third kappa shape index (κ3) is 7.10. The van der Waals surface area contributed by atoms with Gasteiger partial charge >= 0.3 is 5.25 Å². The third-order valence-corrected chi connectivity index (χ3v) is 6.77. The zero-order valence-electron chi connectivity index (χ0n) is 16.6. The van der Waals surface area contributed by atoms with Gasteiger partial charge in [0.1, 0.15) is 13.7 Å². The molecule has 1 nitrogen and oxygen atoms in total. The Balaban J connectivity index is 1.87. The molecule has 1 aromatic carbocycles. The monoisotopic (exact) mass is 408 g/mol. The molecular formula is C22H30F2OSSi. The van der Waals surface area contributed by atoms with E-state index in [-0.39, 0.29) is 12.3 Å². The minimum Gasteiger partial charge on any atom is -0.383 e. The number of aliphatic hydroxyl groups is 1. The predicted octanol–water partition coefficient (Wildman–Crippen LogP) is 6.37. The van der Waals surface area contributed by atoms with Gasteiger partial charge in [-0.05, 0) is 61.9 Å². The summed E-state index contributed by atoms with van der Waals surface area (Å²) in [6, 6.07) is 8.52. The van der Waals surface area contributed by atoms with E-state index in [0.29, 0.717) is 22.6 Å². The maximum Gasteiger partial charge on any atom is 0.326 e. The highest BCUT2D eigenvalue weighted by atomic mass is 32.2. The van der Waals surface area contributed by atoms with E-state index in [2.05, 4.69) is 37.2 Å². The molecule has 0 aliphatic heterocycles. The van der Waals surface area contributed by atoms with Crippen molar-refractivity contribution in [1.29, 1.82) is 0 Å². The molecule has 0 amide bonds. The Hall–Kier alpha value is -1.09. The first-order valence-corrected chi connectivity index (χ1v) is 13.8. The molecule has 0 aromatic heterocycles. The van der Waals surface area contributed by atoms with Crippen LogP contribution in [0.1, 0.15) is 32.6 Å². The second-order valence-corrected chi connectivity index (χ2v) is 14.6. The van der Waals surface area contributed by atoms with E-state index in [1.807, 2.05) is 6.08 Å². The number of alkyl halides is 2. The second kappa shape index (κ2) is 8.94. The summed E-state index contributed by atoms with van der Waals surface area (Å²) in [6.07, 6.45) is 6.79. The van der Waals surface area contributed by atoms with Crippen molar-refractivity contribution in [3.63, 3.8) is 0 Å². The Kier molecular flexibility index (Phi) is 7.35. The van der Waals surface area contributed by atoms with Gasteiger partial charge in [-0.25, -0.2) is 0 Å². The molecule has 1 aliphatic rings. The van der Waals surface area contributed by atoms with Crippen LogP contribution in [0.25, 0.3) is 0 Å². The summed E-state index contributed by atoms with van der Waals surface area (Å²) in [5, 5.41) is 7.28. The summed E-state index contributed by atoms with van der Waals surface area (Å²) in [5.74, 6) is 3.63. The fourth-order valence-electron chi connectivity index (χ4n) is 3.19. The zero-order valence-corrected chi connectivity index (χ0v) is 18.5. The van der Waals surface area contributed by atoms with E-state index >= 15 is 0 Å². The van der Waals surface area contributed by atoms with Crippen molar-refractivity contribution in [2.45, 2.75) is 68.0 Å². The van der Waals surface area contributed by atoms with E-state index in [0.717, 1.165) is 19.3 Å².